The van der Waals surface area contributed by atoms with Crippen LogP contribution in [0.1, 0.15) is 49.1 Å². The monoisotopic (exact) mass is 466 g/mol. The Morgan fingerprint density at radius 3 is 2.18 bits per heavy atom. The number of rotatable bonds is 10. The van der Waals surface area contributed by atoms with Crippen molar-refractivity contribution in [2.24, 2.45) is 5.41 Å². The zero-order chi connectivity index (χ0) is 24.1. The molecule has 2 aliphatic rings. The molecule has 0 aromatic heterocycles. The molecular formula is C26H30N2O6. The van der Waals surface area contributed by atoms with Gasteiger partial charge in [-0.2, -0.15) is 0 Å². The summed E-state index contributed by atoms with van der Waals surface area (Å²) in [7, 11) is 0. The van der Waals surface area contributed by atoms with Gasteiger partial charge in [-0.1, -0.05) is 55.0 Å². The standard InChI is InChI=1S/C26H30N2O6/c29-17(12-24(31)32)14-27-23(30)13-26(10-5-11-26)16-28-25(33)34-15-22-20-8-3-1-6-18(20)19-7-2-4-9-21(19)22/h1-4,6-9,17,22,29H,5,10-16H2,(H,27,30)(H,28,33)(H,31,32). The molecule has 1 fully saturated rings. The van der Waals surface area contributed by atoms with Crippen LogP contribution in [-0.2, 0) is 14.3 Å². The minimum Gasteiger partial charge on any atom is -0.481 e. The lowest BCUT2D eigenvalue weighted by molar-refractivity contribution is -0.139. The quantitative estimate of drug-likeness (QED) is 0.427. The molecule has 2 aliphatic carbocycles. The largest absolute Gasteiger partial charge is 0.481 e. The third-order valence-electron chi connectivity index (χ3n) is 6.85. The van der Waals surface area contributed by atoms with Gasteiger partial charge in [-0.05, 0) is 40.5 Å². The number of amides is 2. The summed E-state index contributed by atoms with van der Waals surface area (Å²) < 4.78 is 5.59. The first-order valence-electron chi connectivity index (χ1n) is 11.6. The predicted molar refractivity (Wildman–Crippen MR) is 125 cm³/mol. The van der Waals surface area contributed by atoms with E-state index in [2.05, 4.69) is 34.9 Å². The number of carbonyl (C=O) groups excluding carboxylic acids is 2. The Balaban J connectivity index is 1.27. The van der Waals surface area contributed by atoms with Gasteiger partial charge < -0.3 is 25.6 Å². The summed E-state index contributed by atoms with van der Waals surface area (Å²) in [6.07, 6.45) is 0.735. The molecule has 0 spiro atoms. The molecule has 0 saturated heterocycles. The maximum Gasteiger partial charge on any atom is 0.407 e. The van der Waals surface area contributed by atoms with Crippen LogP contribution in [0, 0.1) is 5.41 Å². The van der Waals surface area contributed by atoms with E-state index in [1.807, 2.05) is 24.3 Å². The molecule has 8 nitrogen and oxygen atoms in total. The van der Waals surface area contributed by atoms with Crippen LogP contribution in [0.25, 0.3) is 11.1 Å². The lowest BCUT2D eigenvalue weighted by Crippen LogP contribution is -2.46. The van der Waals surface area contributed by atoms with Gasteiger partial charge in [0.25, 0.3) is 0 Å². The van der Waals surface area contributed by atoms with Crippen LogP contribution >= 0.6 is 0 Å². The molecule has 4 rings (SSSR count). The number of carboxylic acid groups (broad SMARTS) is 1. The summed E-state index contributed by atoms with van der Waals surface area (Å²) in [5, 5.41) is 23.7. The third-order valence-corrected chi connectivity index (χ3v) is 6.85. The van der Waals surface area contributed by atoms with E-state index < -0.39 is 24.6 Å². The van der Waals surface area contributed by atoms with Gasteiger partial charge in [-0.15, -0.1) is 0 Å². The van der Waals surface area contributed by atoms with Gasteiger partial charge in [0.15, 0.2) is 0 Å². The lowest BCUT2D eigenvalue weighted by Gasteiger charge is -2.41. The Labute approximate surface area is 198 Å². The molecule has 1 saturated carbocycles. The van der Waals surface area contributed by atoms with Crippen LogP contribution in [0.3, 0.4) is 0 Å². The number of benzene rings is 2. The van der Waals surface area contributed by atoms with E-state index in [4.69, 9.17) is 9.84 Å². The lowest BCUT2D eigenvalue weighted by atomic mass is 9.66. The fraction of sp³-hybridized carbons (Fsp3) is 0.423. The molecule has 0 heterocycles. The highest BCUT2D eigenvalue weighted by molar-refractivity contribution is 5.79. The fourth-order valence-corrected chi connectivity index (χ4v) is 4.91. The molecule has 2 amide bonds. The minimum absolute atomic E-state index is 0.0150. The van der Waals surface area contributed by atoms with E-state index in [0.717, 1.165) is 30.4 Å². The van der Waals surface area contributed by atoms with Crippen molar-refractivity contribution < 1.29 is 29.3 Å². The number of carboxylic acids is 1. The number of hydrogen-bond acceptors (Lipinski definition) is 5. The molecule has 1 atom stereocenters. The van der Waals surface area contributed by atoms with Crippen molar-refractivity contribution >= 4 is 18.0 Å². The molecule has 0 radical (unpaired) electrons. The fourth-order valence-electron chi connectivity index (χ4n) is 4.91. The van der Waals surface area contributed by atoms with Gasteiger partial charge in [-0.25, -0.2) is 4.79 Å². The summed E-state index contributed by atoms with van der Waals surface area (Å²) >= 11 is 0. The third kappa shape index (κ3) is 5.39. The van der Waals surface area contributed by atoms with Crippen molar-refractivity contribution in [3.05, 3.63) is 59.7 Å². The number of fused-ring (bicyclic) bond motifs is 3. The number of aliphatic hydroxyl groups excluding tert-OH is 1. The zero-order valence-electron chi connectivity index (χ0n) is 19.0. The highest BCUT2D eigenvalue weighted by Crippen LogP contribution is 2.45. The van der Waals surface area contributed by atoms with Crippen LogP contribution in [0.15, 0.2) is 48.5 Å². The Kier molecular flexibility index (Phi) is 7.17. The molecule has 0 aliphatic heterocycles. The van der Waals surface area contributed by atoms with E-state index in [1.54, 1.807) is 0 Å². The van der Waals surface area contributed by atoms with Crippen LogP contribution in [0.2, 0.25) is 0 Å². The second-order valence-corrected chi connectivity index (χ2v) is 9.27. The average molecular weight is 467 g/mol. The van der Waals surface area contributed by atoms with E-state index in [0.29, 0.717) is 6.54 Å². The van der Waals surface area contributed by atoms with Gasteiger partial charge in [-0.3, -0.25) is 9.59 Å². The summed E-state index contributed by atoms with van der Waals surface area (Å²) in [6, 6.07) is 16.3. The van der Waals surface area contributed by atoms with Crippen LogP contribution in [0.4, 0.5) is 4.79 Å². The Hall–Kier alpha value is -3.39. The first kappa shape index (κ1) is 23.8. The van der Waals surface area contributed by atoms with E-state index in [-0.39, 0.29) is 36.8 Å². The molecule has 1 unspecified atom stereocenters. The SMILES string of the molecule is O=C(O)CC(O)CNC(=O)CC1(CNC(=O)OCC2c3ccccc3-c3ccccc32)CCC1. The normalized spacial score (nSPS) is 16.5. The summed E-state index contributed by atoms with van der Waals surface area (Å²) in [6.45, 7) is 0.449. The number of carbonyl (C=O) groups is 3. The number of nitrogens with one attached hydrogen (secondary N) is 2. The summed E-state index contributed by atoms with van der Waals surface area (Å²) in [4.78, 5) is 35.4. The topological polar surface area (TPSA) is 125 Å². The van der Waals surface area contributed by atoms with Gasteiger partial charge in [0.1, 0.15) is 6.61 Å². The molecule has 0 bridgehead atoms. The van der Waals surface area contributed by atoms with Crippen molar-refractivity contribution in [3.63, 3.8) is 0 Å². The smallest absolute Gasteiger partial charge is 0.407 e. The molecule has 8 heteroatoms. The van der Waals surface area contributed by atoms with Gasteiger partial charge in [0.05, 0.1) is 12.5 Å². The van der Waals surface area contributed by atoms with Crippen LogP contribution < -0.4 is 10.6 Å². The maximum absolute atomic E-state index is 12.5. The van der Waals surface area contributed by atoms with E-state index >= 15 is 0 Å². The first-order chi connectivity index (χ1) is 16.4. The molecule has 34 heavy (non-hydrogen) atoms. The highest BCUT2D eigenvalue weighted by atomic mass is 16.5. The van der Waals surface area contributed by atoms with Crippen molar-refractivity contribution in [3.8, 4) is 11.1 Å². The highest BCUT2D eigenvalue weighted by Gasteiger charge is 2.39. The minimum atomic E-state index is -1.13. The van der Waals surface area contributed by atoms with E-state index in [1.165, 1.54) is 11.1 Å². The number of aliphatic hydroxyl groups is 1. The van der Waals surface area contributed by atoms with Gasteiger partial charge in [0.2, 0.25) is 5.91 Å². The predicted octanol–water partition coefficient (Wildman–Crippen LogP) is 3.04. The number of ether oxygens (including phenoxy) is 1. The molecule has 2 aromatic carbocycles. The first-order valence-corrected chi connectivity index (χ1v) is 11.6. The number of aliphatic carboxylic acids is 1. The number of alkyl carbamates (subject to hydrolysis) is 1. The van der Waals surface area contributed by atoms with Crippen LogP contribution in [0.5, 0.6) is 0 Å². The molecule has 180 valence electrons. The molecule has 4 N–H and O–H groups in total. The average Bonchev–Trinajstić information content (AvgIpc) is 3.11. The van der Waals surface area contributed by atoms with Crippen molar-refractivity contribution in [2.45, 2.75) is 44.1 Å². The van der Waals surface area contributed by atoms with Crippen molar-refractivity contribution in [1.82, 2.24) is 10.6 Å². The Morgan fingerprint density at radius 2 is 1.62 bits per heavy atom. The second kappa shape index (κ2) is 10.3. The Bertz CT molecular complexity index is 1020. The summed E-state index contributed by atoms with van der Waals surface area (Å²) in [5.41, 5.74) is 4.29. The molecule has 2 aromatic rings. The Morgan fingerprint density at radius 1 is 1.00 bits per heavy atom. The zero-order valence-corrected chi connectivity index (χ0v) is 19.0. The van der Waals surface area contributed by atoms with Gasteiger partial charge in [0, 0.05) is 25.4 Å². The second-order valence-electron chi connectivity index (χ2n) is 9.27. The summed E-state index contributed by atoms with van der Waals surface area (Å²) in [5.74, 6) is -1.40. The van der Waals surface area contributed by atoms with Crippen molar-refractivity contribution in [1.29, 1.82) is 0 Å². The van der Waals surface area contributed by atoms with E-state index in [9.17, 15) is 19.5 Å². The number of hydrogen-bond donors (Lipinski definition) is 4. The van der Waals surface area contributed by atoms with Crippen LogP contribution in [-0.4, -0.2) is 54.0 Å². The van der Waals surface area contributed by atoms with Crippen molar-refractivity contribution in [2.75, 3.05) is 19.7 Å². The maximum atomic E-state index is 12.5. The van der Waals surface area contributed by atoms with Gasteiger partial charge >= 0.3 is 12.1 Å². The molecular weight excluding hydrogens is 436 g/mol.